The maximum Gasteiger partial charge on any atom is 0.411 e. The van der Waals surface area contributed by atoms with E-state index in [4.69, 9.17) is 4.74 Å². The first-order valence-corrected chi connectivity index (χ1v) is 17.4. The molecular formula is C36H46N4O5S. The summed E-state index contributed by atoms with van der Waals surface area (Å²) in [5.41, 5.74) is 2.54. The number of para-hydroxylation sites is 1. The van der Waals surface area contributed by atoms with Gasteiger partial charge in [0.1, 0.15) is 11.9 Å². The Kier molecular flexibility index (Phi) is 12.6. The van der Waals surface area contributed by atoms with E-state index in [2.05, 4.69) is 26.6 Å². The van der Waals surface area contributed by atoms with Crippen molar-refractivity contribution in [3.05, 3.63) is 82.0 Å². The second kappa shape index (κ2) is 17.3. The number of amides is 1. The van der Waals surface area contributed by atoms with Crippen molar-refractivity contribution in [2.75, 3.05) is 38.0 Å². The van der Waals surface area contributed by atoms with Crippen LogP contribution < -0.4 is 16.2 Å². The predicted octanol–water partition coefficient (Wildman–Crippen LogP) is 7.03. The molecular weight excluding hydrogens is 600 g/mol. The molecule has 5 N–H and O–H groups in total. The Balaban J connectivity index is 0.869. The van der Waals surface area contributed by atoms with E-state index in [-0.39, 0.29) is 23.5 Å². The first-order valence-electron chi connectivity index (χ1n) is 16.5. The lowest BCUT2D eigenvalue weighted by Crippen LogP contribution is -2.38. The molecule has 10 heteroatoms. The number of aromatic nitrogens is 1. The van der Waals surface area contributed by atoms with Gasteiger partial charge in [0, 0.05) is 41.5 Å². The zero-order chi connectivity index (χ0) is 32.1. The van der Waals surface area contributed by atoms with Crippen LogP contribution in [0.2, 0.25) is 0 Å². The van der Waals surface area contributed by atoms with Crippen LogP contribution in [0.1, 0.15) is 69.5 Å². The standard InChI is InChI=1S/C36H46N4O5S/c41-31-16-14-27(28-15-17-34(43)39-35(28)31)32(42)25-37-20-8-4-2-1-3-5-9-21-40-22-18-26(19-23-40)45-36(44)38-30-12-7-6-11-29(30)33-13-10-24-46-33/h6-7,10-17,24,26,32,37,41-42H,1-5,8-9,18-23,25H2,(H,38,44)(H,39,43)/t32-/m0/s1. The first-order chi connectivity index (χ1) is 22.5. The van der Waals surface area contributed by atoms with Gasteiger partial charge in [0.15, 0.2) is 0 Å². The summed E-state index contributed by atoms with van der Waals surface area (Å²) in [5, 5.41) is 29.7. The highest BCUT2D eigenvalue weighted by Crippen LogP contribution is 2.32. The Morgan fingerprint density at radius 2 is 1.72 bits per heavy atom. The number of phenols is 1. The van der Waals surface area contributed by atoms with Gasteiger partial charge < -0.3 is 30.2 Å². The van der Waals surface area contributed by atoms with Crippen molar-refractivity contribution >= 4 is 34.0 Å². The SMILES string of the molecule is O=C(Nc1ccccc1-c1cccs1)OC1CCN(CCCCCCCCCNC[C@H](O)c2ccc(O)c3[nH]c(=O)ccc23)CC1. The van der Waals surface area contributed by atoms with Gasteiger partial charge in [-0.2, -0.15) is 0 Å². The maximum atomic E-state index is 12.6. The summed E-state index contributed by atoms with van der Waals surface area (Å²) in [6, 6.07) is 18.2. The lowest BCUT2D eigenvalue weighted by Gasteiger charge is -2.31. The smallest absolute Gasteiger partial charge is 0.411 e. The topological polar surface area (TPSA) is 127 Å². The summed E-state index contributed by atoms with van der Waals surface area (Å²) in [4.78, 5) is 30.5. The van der Waals surface area contributed by atoms with Crippen LogP contribution in [0.4, 0.5) is 10.5 Å². The van der Waals surface area contributed by atoms with Gasteiger partial charge in [-0.15, -0.1) is 11.3 Å². The Labute approximate surface area is 274 Å². The number of nitrogens with one attached hydrogen (secondary N) is 3. The number of hydrogen-bond acceptors (Lipinski definition) is 8. The van der Waals surface area contributed by atoms with Gasteiger partial charge in [-0.05, 0) is 74.0 Å². The third kappa shape index (κ3) is 9.65. The second-order valence-electron chi connectivity index (χ2n) is 12.1. The number of aromatic amines is 1. The van der Waals surface area contributed by atoms with Crippen molar-refractivity contribution in [2.24, 2.45) is 0 Å². The maximum absolute atomic E-state index is 12.6. The fourth-order valence-corrected chi connectivity index (χ4v) is 6.91. The average Bonchev–Trinajstić information content (AvgIpc) is 3.60. The Bertz CT molecular complexity index is 1580. The van der Waals surface area contributed by atoms with Crippen molar-refractivity contribution in [3.8, 4) is 16.2 Å². The molecule has 2 aromatic heterocycles. The number of aliphatic hydroxyl groups is 1. The molecule has 3 heterocycles. The molecule has 1 atom stereocenters. The fourth-order valence-electron chi connectivity index (χ4n) is 6.15. The molecule has 46 heavy (non-hydrogen) atoms. The number of unbranched alkanes of at least 4 members (excludes halogenated alkanes) is 6. The molecule has 1 saturated heterocycles. The number of aliphatic hydroxyl groups excluding tert-OH is 1. The van der Waals surface area contributed by atoms with Gasteiger partial charge in [0.25, 0.3) is 0 Å². The molecule has 1 amide bonds. The summed E-state index contributed by atoms with van der Waals surface area (Å²) in [7, 11) is 0. The fraction of sp³-hybridized carbons (Fsp3) is 0.444. The van der Waals surface area contributed by atoms with Crippen LogP contribution in [-0.4, -0.2) is 65.0 Å². The number of phenolic OH excluding ortho intramolecular Hbond substituents is 1. The predicted molar refractivity (Wildman–Crippen MR) is 186 cm³/mol. The number of rotatable bonds is 16. The summed E-state index contributed by atoms with van der Waals surface area (Å²) < 4.78 is 5.77. The minimum atomic E-state index is -0.725. The van der Waals surface area contributed by atoms with Crippen molar-refractivity contribution in [3.63, 3.8) is 0 Å². The average molecular weight is 647 g/mol. The minimum Gasteiger partial charge on any atom is -0.506 e. The molecule has 0 saturated carbocycles. The highest BCUT2D eigenvalue weighted by Gasteiger charge is 2.22. The number of ether oxygens (including phenoxy) is 1. The molecule has 2 aromatic carbocycles. The van der Waals surface area contributed by atoms with Crippen LogP contribution in [0.5, 0.6) is 5.75 Å². The molecule has 0 spiro atoms. The lowest BCUT2D eigenvalue weighted by molar-refractivity contribution is 0.0584. The summed E-state index contributed by atoms with van der Waals surface area (Å²) in [6.07, 6.45) is 8.95. The molecule has 0 bridgehead atoms. The van der Waals surface area contributed by atoms with Crippen molar-refractivity contribution < 1.29 is 19.7 Å². The monoisotopic (exact) mass is 646 g/mol. The number of pyridine rings is 1. The number of nitrogens with zero attached hydrogens (tertiary/aromatic N) is 1. The number of aromatic hydroxyl groups is 1. The van der Waals surface area contributed by atoms with Crippen LogP contribution in [0.3, 0.4) is 0 Å². The van der Waals surface area contributed by atoms with Crippen molar-refractivity contribution in [1.29, 1.82) is 0 Å². The summed E-state index contributed by atoms with van der Waals surface area (Å²) in [6.45, 7) is 4.29. The van der Waals surface area contributed by atoms with E-state index < -0.39 is 6.10 Å². The van der Waals surface area contributed by atoms with Crippen molar-refractivity contribution in [2.45, 2.75) is 70.0 Å². The minimum absolute atomic E-state index is 0.00215. The van der Waals surface area contributed by atoms with E-state index >= 15 is 0 Å². The van der Waals surface area contributed by atoms with E-state index in [1.54, 1.807) is 23.5 Å². The van der Waals surface area contributed by atoms with E-state index in [0.717, 1.165) is 68.0 Å². The van der Waals surface area contributed by atoms with E-state index in [9.17, 15) is 19.8 Å². The molecule has 0 unspecified atom stereocenters. The number of piperidine rings is 1. The Hall–Kier alpha value is -3.70. The van der Waals surface area contributed by atoms with Crippen LogP contribution in [-0.2, 0) is 4.74 Å². The number of benzene rings is 2. The van der Waals surface area contributed by atoms with E-state index in [1.165, 1.54) is 44.2 Å². The Morgan fingerprint density at radius 1 is 0.957 bits per heavy atom. The number of fused-ring (bicyclic) bond motifs is 1. The Morgan fingerprint density at radius 3 is 2.50 bits per heavy atom. The van der Waals surface area contributed by atoms with Gasteiger partial charge >= 0.3 is 6.09 Å². The molecule has 246 valence electrons. The van der Waals surface area contributed by atoms with Gasteiger partial charge in [-0.3, -0.25) is 10.1 Å². The lowest BCUT2D eigenvalue weighted by atomic mass is 10.0. The molecule has 1 aliphatic heterocycles. The number of hydrogen-bond donors (Lipinski definition) is 5. The number of anilines is 1. The highest BCUT2D eigenvalue weighted by atomic mass is 32.1. The molecule has 1 fully saturated rings. The van der Waals surface area contributed by atoms with E-state index in [1.807, 2.05) is 35.7 Å². The third-order valence-corrected chi connectivity index (χ3v) is 9.59. The number of carbonyl (C=O) groups is 1. The summed E-state index contributed by atoms with van der Waals surface area (Å²) in [5.74, 6) is -0.00215. The molecule has 0 radical (unpaired) electrons. The molecule has 9 nitrogen and oxygen atoms in total. The van der Waals surface area contributed by atoms with E-state index in [0.29, 0.717) is 23.0 Å². The number of thiophene rings is 1. The second-order valence-corrected chi connectivity index (χ2v) is 13.0. The zero-order valence-electron chi connectivity index (χ0n) is 26.4. The summed E-state index contributed by atoms with van der Waals surface area (Å²) >= 11 is 1.65. The number of likely N-dealkylation sites (tertiary alicyclic amines) is 1. The van der Waals surface area contributed by atoms with Crippen LogP contribution in [0.15, 0.2) is 70.8 Å². The molecule has 0 aliphatic carbocycles. The van der Waals surface area contributed by atoms with Crippen LogP contribution >= 0.6 is 11.3 Å². The normalized spacial score (nSPS) is 14.8. The largest absolute Gasteiger partial charge is 0.506 e. The molecule has 1 aliphatic rings. The molecule has 5 rings (SSSR count). The van der Waals surface area contributed by atoms with Gasteiger partial charge in [-0.1, -0.05) is 62.4 Å². The van der Waals surface area contributed by atoms with Gasteiger partial charge in [0.2, 0.25) is 5.56 Å². The first kappa shape index (κ1) is 33.7. The quantitative estimate of drug-likeness (QED) is 0.0828. The van der Waals surface area contributed by atoms with Crippen molar-refractivity contribution in [1.82, 2.24) is 15.2 Å². The third-order valence-electron chi connectivity index (χ3n) is 8.69. The van der Waals surface area contributed by atoms with Crippen LogP contribution in [0.25, 0.3) is 21.3 Å². The molecule has 4 aromatic rings. The van der Waals surface area contributed by atoms with Gasteiger partial charge in [-0.25, -0.2) is 4.79 Å². The zero-order valence-corrected chi connectivity index (χ0v) is 27.2. The highest BCUT2D eigenvalue weighted by molar-refractivity contribution is 7.13. The number of H-pyrrole nitrogens is 1. The van der Waals surface area contributed by atoms with Crippen LogP contribution in [0, 0.1) is 0 Å². The van der Waals surface area contributed by atoms with Gasteiger partial charge in [0.05, 0.1) is 17.3 Å². The number of carbonyl (C=O) groups excluding carboxylic acids is 1.